The Bertz CT molecular complexity index is 1730. The van der Waals surface area contributed by atoms with E-state index in [1.54, 1.807) is 0 Å². The van der Waals surface area contributed by atoms with Crippen LogP contribution in [-0.2, 0) is 27.9 Å². The first kappa shape index (κ1) is 82.2. The molecule has 0 aromatic rings. The summed E-state index contributed by atoms with van der Waals surface area (Å²) < 4.78 is 30.5. The minimum absolute atomic E-state index is 0.0258. The van der Waals surface area contributed by atoms with Gasteiger partial charge in [-0.1, -0.05) is 292 Å². The highest BCUT2D eigenvalue weighted by molar-refractivity contribution is 7.45. The lowest BCUT2D eigenvalue weighted by Gasteiger charge is -2.30. The van der Waals surface area contributed by atoms with Crippen LogP contribution in [0.1, 0.15) is 329 Å². The third-order valence-corrected chi connectivity index (χ3v) is 16.8. The second kappa shape index (κ2) is 64.2. The molecule has 0 saturated carbocycles. The third-order valence-electron chi connectivity index (χ3n) is 15.8. The summed E-state index contributed by atoms with van der Waals surface area (Å²) >= 11 is 0. The topological polar surface area (TPSA) is 114 Å². The van der Waals surface area contributed by atoms with E-state index in [4.69, 9.17) is 13.8 Å². The molecule has 0 aliphatic heterocycles. The fourth-order valence-corrected chi connectivity index (χ4v) is 11.0. The van der Waals surface area contributed by atoms with E-state index < -0.39 is 26.6 Å². The van der Waals surface area contributed by atoms with Gasteiger partial charge in [0.1, 0.15) is 19.3 Å². The average Bonchev–Trinajstić information content (AvgIpc) is 3.50. The van der Waals surface area contributed by atoms with Gasteiger partial charge in [-0.2, -0.15) is 0 Å². The number of ether oxygens (including phenoxy) is 1. The molecule has 0 aliphatic carbocycles. The highest BCUT2D eigenvalue weighted by atomic mass is 31.2. The van der Waals surface area contributed by atoms with E-state index in [0.717, 1.165) is 96.3 Å². The number of carbonyl (C=O) groups is 2. The van der Waals surface area contributed by atoms with Crippen molar-refractivity contribution < 1.29 is 37.3 Å². The fourth-order valence-electron chi connectivity index (χ4n) is 10.2. The highest BCUT2D eigenvalue weighted by Crippen LogP contribution is 2.38. The Balaban J connectivity index is 5.09. The van der Waals surface area contributed by atoms with Gasteiger partial charge in [-0.05, 0) is 109 Å². The highest BCUT2D eigenvalue weighted by Gasteiger charge is 2.27. The fraction of sp³-hybridized carbons (Fsp3) is 0.787. The zero-order chi connectivity index (χ0) is 62.1. The Hall–Kier alpha value is -2.81. The number of amides is 1. The van der Waals surface area contributed by atoms with Crippen molar-refractivity contribution in [2.45, 2.75) is 341 Å². The predicted molar refractivity (Wildman–Crippen MR) is 367 cm³/mol. The van der Waals surface area contributed by atoms with Crippen molar-refractivity contribution in [2.24, 2.45) is 0 Å². The Morgan fingerprint density at radius 2 is 0.718 bits per heavy atom. The van der Waals surface area contributed by atoms with E-state index in [0.29, 0.717) is 17.4 Å². The molecule has 494 valence electrons. The number of hydrogen-bond acceptors (Lipinski definition) is 7. The van der Waals surface area contributed by atoms with Gasteiger partial charge in [0.25, 0.3) is 7.82 Å². The van der Waals surface area contributed by atoms with E-state index in [-0.39, 0.29) is 24.9 Å². The molecule has 3 unspecified atom stereocenters. The van der Waals surface area contributed by atoms with Crippen LogP contribution in [-0.4, -0.2) is 69.4 Å². The van der Waals surface area contributed by atoms with E-state index in [9.17, 15) is 19.0 Å². The van der Waals surface area contributed by atoms with Gasteiger partial charge >= 0.3 is 5.97 Å². The van der Waals surface area contributed by atoms with Crippen molar-refractivity contribution in [3.05, 3.63) is 85.1 Å². The normalized spacial score (nSPS) is 14.0. The summed E-state index contributed by atoms with van der Waals surface area (Å²) in [5, 5.41) is 3.04. The summed E-state index contributed by atoms with van der Waals surface area (Å²) in [7, 11) is 1.18. The van der Waals surface area contributed by atoms with Crippen molar-refractivity contribution in [3.8, 4) is 0 Å². The van der Waals surface area contributed by atoms with E-state index in [1.165, 1.54) is 199 Å². The molecule has 1 amide bonds. The lowest BCUT2D eigenvalue weighted by molar-refractivity contribution is -0.870. The number of likely N-dealkylation sites (N-methyl/N-ethyl adjacent to an activating group) is 1. The minimum atomic E-state index is -4.71. The summed E-state index contributed by atoms with van der Waals surface area (Å²) in [6.07, 6.45) is 85.5. The second-order valence-corrected chi connectivity index (χ2v) is 26.8. The molecule has 0 aromatic heterocycles. The van der Waals surface area contributed by atoms with E-state index >= 15 is 0 Å². The maximum absolute atomic E-state index is 13.6. The summed E-state index contributed by atoms with van der Waals surface area (Å²) in [4.78, 5) is 40.2. The van der Waals surface area contributed by atoms with E-state index in [1.807, 2.05) is 33.3 Å². The Labute approximate surface area is 526 Å². The standard InChI is InChI=1S/C75H137N2O7P/c1-7-10-13-16-19-22-25-28-30-32-34-35-36-37-38-39-40-41-43-45-47-50-53-56-59-62-65-68-75(79)84-73(66-63-60-57-54-51-48-27-24-21-18-15-12-9-3)72(71-83-85(80,81)82-70-69-77(4,5)6)76-74(78)67-64-61-58-55-52-49-46-44-42-33-31-29-26-23-20-17-14-11-8-2/h19-20,22-23,28-31,34-35,37-38,63,66,72-73H,7-18,21,24-27,32-33,36,39-62,64-65,67-71H2,1-6H3,(H-,76,78,80,81)/b22-19-,23-20-,30-28-,31-29-,35-34-,38-37-,66-63-. The number of phosphoric ester groups is 1. The Morgan fingerprint density at radius 3 is 1.09 bits per heavy atom. The largest absolute Gasteiger partial charge is 0.756 e. The molecule has 10 heteroatoms. The quantitative estimate of drug-likeness (QED) is 0.0212. The summed E-state index contributed by atoms with van der Waals surface area (Å²) in [5.74, 6) is -0.542. The maximum atomic E-state index is 13.6. The number of unbranched alkanes of at least 4 members (excludes halogenated alkanes) is 37. The molecule has 1 N–H and O–H groups in total. The monoisotopic (exact) mass is 1210 g/mol. The van der Waals surface area contributed by atoms with Gasteiger partial charge in [0.15, 0.2) is 0 Å². The number of allylic oxidation sites excluding steroid dienone is 13. The Morgan fingerprint density at radius 1 is 0.412 bits per heavy atom. The SMILES string of the molecule is CCCCC/C=C\C/C=C\C/C=C\C/C=C\CCCCCCCCCCCCCC(=O)OC(/C=C\CCCCCCCCCCCCC)C(COP(=O)([O-])OCC[N+](C)(C)C)NC(=O)CCCCCCCCCCC/C=C\C/C=C\CCCCC. The molecule has 0 radical (unpaired) electrons. The van der Waals surface area contributed by atoms with Gasteiger partial charge < -0.3 is 28.5 Å². The molecular weight excluding hydrogens is 1070 g/mol. The van der Waals surface area contributed by atoms with Crippen molar-refractivity contribution in [1.82, 2.24) is 5.32 Å². The summed E-state index contributed by atoms with van der Waals surface area (Å²) in [5.41, 5.74) is 0. The van der Waals surface area contributed by atoms with E-state index in [2.05, 4.69) is 99.0 Å². The number of quaternary nitrogens is 1. The lowest BCUT2D eigenvalue weighted by Crippen LogP contribution is -2.47. The van der Waals surface area contributed by atoms with Gasteiger partial charge in [-0.15, -0.1) is 0 Å². The molecule has 0 fully saturated rings. The van der Waals surface area contributed by atoms with Crippen LogP contribution in [0.5, 0.6) is 0 Å². The first-order valence-electron chi connectivity index (χ1n) is 35.9. The molecule has 0 heterocycles. The van der Waals surface area contributed by atoms with Gasteiger partial charge in [0, 0.05) is 12.8 Å². The second-order valence-electron chi connectivity index (χ2n) is 25.4. The molecule has 0 aromatic carbocycles. The maximum Gasteiger partial charge on any atom is 0.306 e. The van der Waals surface area contributed by atoms with Gasteiger partial charge in [-0.25, -0.2) is 0 Å². The number of rotatable bonds is 65. The molecule has 0 saturated heterocycles. The smallest absolute Gasteiger partial charge is 0.306 e. The van der Waals surface area contributed by atoms with Gasteiger partial charge in [0.05, 0.1) is 33.8 Å². The number of esters is 1. The Kier molecular flexibility index (Phi) is 62.1. The van der Waals surface area contributed by atoms with Crippen LogP contribution in [0.25, 0.3) is 0 Å². The number of nitrogens with zero attached hydrogens (tertiary/aromatic N) is 1. The van der Waals surface area contributed by atoms with Crippen LogP contribution in [0.3, 0.4) is 0 Å². The summed E-state index contributed by atoms with van der Waals surface area (Å²) in [6.45, 7) is 6.82. The number of nitrogens with one attached hydrogen (secondary N) is 1. The van der Waals surface area contributed by atoms with Crippen molar-refractivity contribution in [1.29, 1.82) is 0 Å². The van der Waals surface area contributed by atoms with Crippen LogP contribution in [0.4, 0.5) is 0 Å². The molecular formula is C75H137N2O7P. The molecule has 0 spiro atoms. The minimum Gasteiger partial charge on any atom is -0.756 e. The molecule has 9 nitrogen and oxygen atoms in total. The van der Waals surface area contributed by atoms with Crippen LogP contribution in [0.15, 0.2) is 85.1 Å². The molecule has 85 heavy (non-hydrogen) atoms. The van der Waals surface area contributed by atoms with Crippen LogP contribution >= 0.6 is 7.82 Å². The lowest BCUT2D eigenvalue weighted by atomic mass is 10.0. The first-order valence-corrected chi connectivity index (χ1v) is 37.4. The van der Waals surface area contributed by atoms with Crippen LogP contribution in [0, 0.1) is 0 Å². The van der Waals surface area contributed by atoms with Crippen molar-refractivity contribution in [3.63, 3.8) is 0 Å². The first-order chi connectivity index (χ1) is 41.4. The molecule has 3 atom stereocenters. The predicted octanol–water partition coefficient (Wildman–Crippen LogP) is 22.3. The number of carbonyl (C=O) groups excluding carboxylic acids is 2. The third kappa shape index (κ3) is 65.5. The average molecular weight is 1210 g/mol. The molecule has 0 aliphatic rings. The van der Waals surface area contributed by atoms with Crippen molar-refractivity contribution >= 4 is 19.7 Å². The van der Waals surface area contributed by atoms with Crippen LogP contribution < -0.4 is 10.2 Å². The van der Waals surface area contributed by atoms with Crippen molar-refractivity contribution in [2.75, 3.05) is 40.9 Å². The number of hydrogen-bond donors (Lipinski definition) is 1. The molecule has 0 rings (SSSR count). The van der Waals surface area contributed by atoms with Gasteiger partial charge in [-0.3, -0.25) is 14.2 Å². The zero-order valence-corrected chi connectivity index (χ0v) is 57.4. The zero-order valence-electron chi connectivity index (χ0n) is 56.6. The van der Waals surface area contributed by atoms with Gasteiger partial charge in [0.2, 0.25) is 5.91 Å². The number of phosphoric acid groups is 1. The summed E-state index contributed by atoms with van der Waals surface area (Å²) in [6, 6.07) is -0.896. The molecule has 0 bridgehead atoms. The van der Waals surface area contributed by atoms with Crippen LogP contribution in [0.2, 0.25) is 0 Å².